The zero-order valence-electron chi connectivity index (χ0n) is 13.7. The molecule has 0 aliphatic carbocycles. The zero-order valence-corrected chi connectivity index (χ0v) is 13.7. The average Bonchev–Trinajstić information content (AvgIpc) is 2.54. The predicted octanol–water partition coefficient (Wildman–Crippen LogP) is 2.98. The first-order valence-corrected chi connectivity index (χ1v) is 7.73. The minimum Gasteiger partial charge on any atom is -0.339 e. The Hall–Kier alpha value is -2.07. The molecule has 1 aliphatic rings. The molecular formula is C17H20F3N3O. The molecule has 0 aromatic heterocycles. The molecule has 1 heterocycles. The van der Waals surface area contributed by atoms with Gasteiger partial charge in [0.2, 0.25) is 5.91 Å². The molecule has 130 valence electrons. The Morgan fingerprint density at radius 2 is 1.67 bits per heavy atom. The van der Waals surface area contributed by atoms with E-state index < -0.39 is 17.6 Å². The van der Waals surface area contributed by atoms with Crippen molar-refractivity contribution in [3.8, 4) is 6.07 Å². The lowest BCUT2D eigenvalue weighted by Gasteiger charge is -2.41. The number of amides is 1. The minimum absolute atomic E-state index is 0.117. The van der Waals surface area contributed by atoms with Crippen molar-refractivity contribution in [1.29, 1.82) is 5.26 Å². The molecule has 0 N–H and O–H groups in total. The van der Waals surface area contributed by atoms with Crippen LogP contribution in [0.1, 0.15) is 25.5 Å². The van der Waals surface area contributed by atoms with Crippen LogP contribution in [0.3, 0.4) is 0 Å². The molecule has 1 aromatic rings. The highest BCUT2D eigenvalue weighted by atomic mass is 19.4. The van der Waals surface area contributed by atoms with Crippen molar-refractivity contribution >= 4 is 5.91 Å². The molecule has 0 bridgehead atoms. The smallest absolute Gasteiger partial charge is 0.339 e. The Labute approximate surface area is 139 Å². The van der Waals surface area contributed by atoms with Crippen LogP contribution in [0.15, 0.2) is 30.3 Å². The van der Waals surface area contributed by atoms with E-state index in [0.29, 0.717) is 0 Å². The summed E-state index contributed by atoms with van der Waals surface area (Å²) in [5, 5.41) is 9.03. The van der Waals surface area contributed by atoms with E-state index in [-0.39, 0.29) is 37.6 Å². The van der Waals surface area contributed by atoms with Gasteiger partial charge in [-0.2, -0.15) is 18.4 Å². The van der Waals surface area contributed by atoms with Gasteiger partial charge in [0.1, 0.15) is 11.5 Å². The van der Waals surface area contributed by atoms with Crippen molar-refractivity contribution in [3.05, 3.63) is 35.9 Å². The van der Waals surface area contributed by atoms with E-state index in [1.54, 1.807) is 18.2 Å². The summed E-state index contributed by atoms with van der Waals surface area (Å²) in [5.74, 6) is -0.340. The van der Waals surface area contributed by atoms with Crippen molar-refractivity contribution in [2.45, 2.75) is 26.1 Å². The van der Waals surface area contributed by atoms with Gasteiger partial charge in [0.15, 0.2) is 0 Å². The van der Waals surface area contributed by atoms with Gasteiger partial charge in [-0.3, -0.25) is 9.69 Å². The lowest BCUT2D eigenvalue weighted by atomic mass is 9.93. The van der Waals surface area contributed by atoms with E-state index in [0.717, 1.165) is 0 Å². The van der Waals surface area contributed by atoms with Crippen molar-refractivity contribution in [3.63, 3.8) is 0 Å². The fraction of sp³-hybridized carbons (Fsp3) is 0.529. The Morgan fingerprint density at radius 3 is 2.12 bits per heavy atom. The second-order valence-electron chi connectivity index (χ2n) is 6.42. The number of alkyl halides is 3. The molecule has 0 saturated carbocycles. The van der Waals surface area contributed by atoms with Crippen molar-refractivity contribution < 1.29 is 18.0 Å². The van der Waals surface area contributed by atoms with Crippen LogP contribution in [-0.4, -0.2) is 48.1 Å². The number of benzene rings is 1. The van der Waals surface area contributed by atoms with Gasteiger partial charge in [-0.15, -0.1) is 0 Å². The van der Waals surface area contributed by atoms with E-state index in [2.05, 4.69) is 0 Å². The Morgan fingerprint density at radius 1 is 1.12 bits per heavy atom. The molecule has 0 spiro atoms. The minimum atomic E-state index is -4.39. The first-order valence-electron chi connectivity index (χ1n) is 7.73. The molecule has 24 heavy (non-hydrogen) atoms. The summed E-state index contributed by atoms with van der Waals surface area (Å²) in [4.78, 5) is 15.1. The fourth-order valence-electron chi connectivity index (χ4n) is 2.87. The van der Waals surface area contributed by atoms with E-state index in [4.69, 9.17) is 5.26 Å². The summed E-state index contributed by atoms with van der Waals surface area (Å²) in [7, 11) is 0. The summed E-state index contributed by atoms with van der Waals surface area (Å²) in [6.07, 6.45) is -4.39. The molecule has 0 unspecified atom stereocenters. The summed E-state index contributed by atoms with van der Waals surface area (Å²) in [5.41, 5.74) is -0.965. The number of piperazine rings is 1. The van der Waals surface area contributed by atoms with Crippen molar-refractivity contribution in [2.24, 2.45) is 5.41 Å². The zero-order chi connectivity index (χ0) is 18.0. The summed E-state index contributed by atoms with van der Waals surface area (Å²) in [6, 6.07) is 8.04. The van der Waals surface area contributed by atoms with Gasteiger partial charge >= 0.3 is 6.18 Å². The van der Waals surface area contributed by atoms with E-state index >= 15 is 0 Å². The number of nitrogens with zero attached hydrogens (tertiary/aromatic N) is 3. The maximum absolute atomic E-state index is 13.5. The Balaban J connectivity index is 2.12. The Bertz CT molecular complexity index is 614. The number of halogens is 3. The monoisotopic (exact) mass is 339 g/mol. The fourth-order valence-corrected chi connectivity index (χ4v) is 2.87. The summed E-state index contributed by atoms with van der Waals surface area (Å²) >= 11 is 0. The van der Waals surface area contributed by atoms with Gasteiger partial charge in [-0.25, -0.2) is 0 Å². The van der Waals surface area contributed by atoms with Gasteiger partial charge in [0, 0.05) is 26.2 Å². The molecule has 7 heteroatoms. The topological polar surface area (TPSA) is 47.3 Å². The first-order chi connectivity index (χ1) is 11.2. The van der Waals surface area contributed by atoms with Gasteiger partial charge < -0.3 is 4.90 Å². The van der Waals surface area contributed by atoms with Crippen LogP contribution in [0.25, 0.3) is 0 Å². The number of hydrogen-bond acceptors (Lipinski definition) is 3. The van der Waals surface area contributed by atoms with E-state index in [9.17, 15) is 18.0 Å². The first kappa shape index (κ1) is 18.3. The number of carbonyl (C=O) groups is 1. The molecule has 1 amide bonds. The van der Waals surface area contributed by atoms with Crippen LogP contribution < -0.4 is 0 Å². The van der Waals surface area contributed by atoms with Crippen LogP contribution in [-0.2, 0) is 4.79 Å². The highest BCUT2D eigenvalue weighted by molar-refractivity contribution is 5.84. The second kappa shape index (κ2) is 6.81. The van der Waals surface area contributed by atoms with Gasteiger partial charge in [0.05, 0.1) is 6.07 Å². The summed E-state index contributed by atoms with van der Waals surface area (Å²) < 4.78 is 40.6. The van der Waals surface area contributed by atoms with Gasteiger partial charge in [-0.1, -0.05) is 30.3 Å². The largest absolute Gasteiger partial charge is 0.408 e. The molecule has 1 aliphatic heterocycles. The van der Waals surface area contributed by atoms with Crippen molar-refractivity contribution in [2.75, 3.05) is 26.2 Å². The van der Waals surface area contributed by atoms with E-state index in [1.807, 2.05) is 6.07 Å². The van der Waals surface area contributed by atoms with E-state index in [1.165, 1.54) is 35.8 Å². The average molecular weight is 339 g/mol. The molecule has 1 fully saturated rings. The number of nitriles is 1. The molecule has 2 rings (SSSR count). The van der Waals surface area contributed by atoms with Crippen LogP contribution >= 0.6 is 0 Å². The van der Waals surface area contributed by atoms with Crippen LogP contribution in [0.2, 0.25) is 0 Å². The maximum atomic E-state index is 13.5. The highest BCUT2D eigenvalue weighted by Crippen LogP contribution is 2.38. The SMILES string of the molecule is CC(C)(C#N)C(=O)N1CCN([C@@H](c2ccccc2)C(F)(F)F)CC1. The lowest BCUT2D eigenvalue weighted by Crippen LogP contribution is -2.54. The second-order valence-corrected chi connectivity index (χ2v) is 6.42. The summed E-state index contributed by atoms with van der Waals surface area (Å²) in [6.45, 7) is 3.64. The van der Waals surface area contributed by atoms with Gasteiger partial charge in [0.25, 0.3) is 0 Å². The molecule has 1 aromatic carbocycles. The molecule has 1 atom stereocenters. The van der Waals surface area contributed by atoms with Crippen LogP contribution in [0, 0.1) is 16.7 Å². The number of rotatable bonds is 3. The maximum Gasteiger partial charge on any atom is 0.408 e. The van der Waals surface area contributed by atoms with Crippen LogP contribution in [0.4, 0.5) is 13.2 Å². The quantitative estimate of drug-likeness (QED) is 0.851. The number of carbonyl (C=O) groups excluding carboxylic acids is 1. The third kappa shape index (κ3) is 3.88. The molecule has 1 saturated heterocycles. The molecular weight excluding hydrogens is 319 g/mol. The standard InChI is InChI=1S/C17H20F3N3O/c1-16(2,12-21)15(24)23-10-8-22(9-11-23)14(17(18,19)20)13-6-4-3-5-7-13/h3-7,14H,8-11H2,1-2H3/t14-/m0/s1. The van der Waals surface area contributed by atoms with Crippen LogP contribution in [0.5, 0.6) is 0 Å². The normalized spacial score (nSPS) is 18.1. The third-order valence-corrected chi connectivity index (χ3v) is 4.21. The van der Waals surface area contributed by atoms with Crippen molar-refractivity contribution in [1.82, 2.24) is 9.80 Å². The highest BCUT2D eigenvalue weighted by Gasteiger charge is 2.46. The third-order valence-electron chi connectivity index (χ3n) is 4.21. The Kier molecular flexibility index (Phi) is 5.19. The van der Waals surface area contributed by atoms with Gasteiger partial charge in [-0.05, 0) is 19.4 Å². The molecule has 0 radical (unpaired) electrons. The predicted molar refractivity (Wildman–Crippen MR) is 82.8 cm³/mol. The lowest BCUT2D eigenvalue weighted by molar-refractivity contribution is -0.191. The molecule has 4 nitrogen and oxygen atoms in total. The number of hydrogen-bond donors (Lipinski definition) is 0.